The Bertz CT molecular complexity index is 515. The van der Waals surface area contributed by atoms with Crippen molar-refractivity contribution in [1.82, 2.24) is 10.6 Å². The molecule has 0 atom stereocenters. The Morgan fingerprint density at radius 1 is 1.33 bits per heavy atom. The number of hydrogen-bond acceptors (Lipinski definition) is 4. The minimum Gasteiger partial charge on any atom is -0.389 e. The first-order valence-corrected chi connectivity index (χ1v) is 6.83. The molecule has 0 heterocycles. The predicted molar refractivity (Wildman–Crippen MR) is 81.5 cm³/mol. The van der Waals surface area contributed by atoms with Gasteiger partial charge in [0.15, 0.2) is 0 Å². The third-order valence-electron chi connectivity index (χ3n) is 2.88. The van der Waals surface area contributed by atoms with Crippen LogP contribution in [0.5, 0.6) is 0 Å². The summed E-state index contributed by atoms with van der Waals surface area (Å²) in [5.74, 6) is -0.391. The molecule has 1 aromatic carbocycles. The molecule has 0 aliphatic carbocycles. The highest BCUT2D eigenvalue weighted by Gasteiger charge is 2.07. The molecule has 0 aliphatic heterocycles. The number of benzene rings is 1. The number of rotatable bonds is 8. The number of hydrogen-bond donors (Lipinski definition) is 2. The number of nitriles is 1. The van der Waals surface area contributed by atoms with E-state index in [4.69, 9.17) is 10.00 Å². The van der Waals surface area contributed by atoms with Gasteiger partial charge in [-0.25, -0.2) is 0 Å². The van der Waals surface area contributed by atoms with Crippen molar-refractivity contribution in [2.45, 2.75) is 13.3 Å². The second kappa shape index (κ2) is 9.56. The Labute approximate surface area is 125 Å². The Morgan fingerprint density at radius 3 is 2.67 bits per heavy atom. The van der Waals surface area contributed by atoms with Gasteiger partial charge in [0, 0.05) is 26.4 Å². The topological polar surface area (TPSA) is 74.1 Å². The number of nitrogens with zero attached hydrogens (tertiary/aromatic N) is 1. The number of amides is 1. The molecule has 0 aromatic heterocycles. The van der Waals surface area contributed by atoms with Gasteiger partial charge in [0.25, 0.3) is 5.91 Å². The maximum atomic E-state index is 11.7. The van der Waals surface area contributed by atoms with Crippen LogP contribution in [-0.2, 0) is 16.0 Å². The number of ether oxygens (including phenoxy) is 1. The van der Waals surface area contributed by atoms with E-state index in [2.05, 4.69) is 34.9 Å². The number of methoxy groups -OCH3 is 1. The van der Waals surface area contributed by atoms with Gasteiger partial charge in [-0.05, 0) is 18.9 Å². The normalized spacial score (nSPS) is 10.8. The fourth-order valence-electron chi connectivity index (χ4n) is 1.66. The molecule has 1 amide bonds. The molecule has 1 aromatic rings. The molecule has 0 fully saturated rings. The predicted octanol–water partition coefficient (Wildman–Crippen LogP) is 1.30. The maximum Gasteiger partial charge on any atom is 0.263 e. The Kier molecular flexibility index (Phi) is 7.62. The Morgan fingerprint density at radius 2 is 2.05 bits per heavy atom. The third-order valence-corrected chi connectivity index (χ3v) is 2.88. The summed E-state index contributed by atoms with van der Waals surface area (Å²) in [6, 6.07) is 10.2. The number of carbonyl (C=O) groups is 1. The number of nitrogens with one attached hydrogen (secondary N) is 2. The van der Waals surface area contributed by atoms with Crippen molar-refractivity contribution in [3.8, 4) is 6.07 Å². The summed E-state index contributed by atoms with van der Waals surface area (Å²) in [4.78, 5) is 11.7. The summed E-state index contributed by atoms with van der Waals surface area (Å²) in [5, 5.41) is 14.5. The van der Waals surface area contributed by atoms with Crippen molar-refractivity contribution in [2.75, 3.05) is 26.8 Å². The van der Waals surface area contributed by atoms with Gasteiger partial charge in [-0.2, -0.15) is 5.26 Å². The van der Waals surface area contributed by atoms with Gasteiger partial charge in [-0.3, -0.25) is 4.79 Å². The van der Waals surface area contributed by atoms with Gasteiger partial charge in [0.05, 0.1) is 6.61 Å². The van der Waals surface area contributed by atoms with Crippen LogP contribution >= 0.6 is 0 Å². The molecular weight excluding hydrogens is 266 g/mol. The van der Waals surface area contributed by atoms with E-state index in [0.717, 1.165) is 6.42 Å². The molecule has 0 unspecified atom stereocenters. The van der Waals surface area contributed by atoms with Crippen molar-refractivity contribution in [2.24, 2.45) is 0 Å². The first kappa shape index (κ1) is 16.7. The molecule has 112 valence electrons. The van der Waals surface area contributed by atoms with Crippen molar-refractivity contribution in [3.63, 3.8) is 0 Å². The highest BCUT2D eigenvalue weighted by Crippen LogP contribution is 2.03. The second-order valence-corrected chi connectivity index (χ2v) is 4.61. The Hall–Kier alpha value is -2.32. The van der Waals surface area contributed by atoms with E-state index in [1.165, 1.54) is 17.3 Å². The van der Waals surface area contributed by atoms with Crippen LogP contribution in [0.3, 0.4) is 0 Å². The van der Waals surface area contributed by atoms with Crippen LogP contribution in [0.2, 0.25) is 0 Å². The highest BCUT2D eigenvalue weighted by atomic mass is 16.5. The van der Waals surface area contributed by atoms with Crippen LogP contribution in [0.25, 0.3) is 0 Å². The number of aryl methyl sites for hydroxylation is 1. The largest absolute Gasteiger partial charge is 0.389 e. The minimum atomic E-state index is -0.391. The lowest BCUT2D eigenvalue weighted by molar-refractivity contribution is -0.117. The molecule has 0 radical (unpaired) electrons. The van der Waals surface area contributed by atoms with Crippen LogP contribution in [-0.4, -0.2) is 32.7 Å². The van der Waals surface area contributed by atoms with Crippen molar-refractivity contribution in [1.29, 1.82) is 5.26 Å². The molecule has 21 heavy (non-hydrogen) atoms. The van der Waals surface area contributed by atoms with E-state index in [-0.39, 0.29) is 5.57 Å². The molecule has 5 heteroatoms. The summed E-state index contributed by atoms with van der Waals surface area (Å²) in [6.45, 7) is 3.52. The van der Waals surface area contributed by atoms with Gasteiger partial charge < -0.3 is 15.4 Å². The molecule has 5 nitrogen and oxygen atoms in total. The molecule has 0 bridgehead atoms. The monoisotopic (exact) mass is 287 g/mol. The Balaban J connectivity index is 2.37. The van der Waals surface area contributed by atoms with Gasteiger partial charge in [0.1, 0.15) is 11.6 Å². The lowest BCUT2D eigenvalue weighted by atomic mass is 10.1. The van der Waals surface area contributed by atoms with Crippen LogP contribution in [0.4, 0.5) is 0 Å². The lowest BCUT2D eigenvalue weighted by Gasteiger charge is -2.05. The number of carbonyl (C=O) groups excluding carboxylic acids is 1. The average molecular weight is 287 g/mol. The van der Waals surface area contributed by atoms with Crippen molar-refractivity contribution >= 4 is 5.91 Å². The summed E-state index contributed by atoms with van der Waals surface area (Å²) in [6.07, 6.45) is 2.29. The summed E-state index contributed by atoms with van der Waals surface area (Å²) in [5.41, 5.74) is 2.51. The SMILES string of the molecule is COCCNC(=O)/C(C#N)=C\NCCc1ccc(C)cc1. The molecule has 0 saturated carbocycles. The molecule has 0 aliphatic rings. The van der Waals surface area contributed by atoms with Gasteiger partial charge in [-0.1, -0.05) is 29.8 Å². The molecule has 0 spiro atoms. The van der Waals surface area contributed by atoms with Crippen LogP contribution in [0.15, 0.2) is 36.0 Å². The molecular formula is C16H21N3O2. The van der Waals surface area contributed by atoms with Gasteiger partial charge >= 0.3 is 0 Å². The van der Waals surface area contributed by atoms with Crippen molar-refractivity contribution < 1.29 is 9.53 Å². The summed E-state index contributed by atoms with van der Waals surface area (Å²) < 4.78 is 4.83. The standard InChI is InChI=1S/C16H21N3O2/c1-13-3-5-14(6-4-13)7-8-18-12-15(11-17)16(20)19-9-10-21-2/h3-6,12,18H,7-10H2,1-2H3,(H,19,20)/b15-12-. The average Bonchev–Trinajstić information content (AvgIpc) is 2.49. The van der Waals surface area contributed by atoms with E-state index in [1.807, 2.05) is 13.0 Å². The zero-order chi connectivity index (χ0) is 15.5. The summed E-state index contributed by atoms with van der Waals surface area (Å²) >= 11 is 0. The summed E-state index contributed by atoms with van der Waals surface area (Å²) in [7, 11) is 1.56. The minimum absolute atomic E-state index is 0.0648. The lowest BCUT2D eigenvalue weighted by Crippen LogP contribution is -2.28. The fraction of sp³-hybridized carbons (Fsp3) is 0.375. The quantitative estimate of drug-likeness (QED) is 0.429. The van der Waals surface area contributed by atoms with Crippen LogP contribution in [0.1, 0.15) is 11.1 Å². The van der Waals surface area contributed by atoms with E-state index in [9.17, 15) is 4.79 Å². The fourth-order valence-corrected chi connectivity index (χ4v) is 1.66. The van der Waals surface area contributed by atoms with E-state index in [1.54, 1.807) is 7.11 Å². The second-order valence-electron chi connectivity index (χ2n) is 4.61. The van der Waals surface area contributed by atoms with E-state index < -0.39 is 5.91 Å². The van der Waals surface area contributed by atoms with Gasteiger partial charge in [-0.15, -0.1) is 0 Å². The van der Waals surface area contributed by atoms with E-state index >= 15 is 0 Å². The zero-order valence-electron chi connectivity index (χ0n) is 12.5. The first-order valence-electron chi connectivity index (χ1n) is 6.83. The molecule has 0 saturated heterocycles. The maximum absolute atomic E-state index is 11.7. The zero-order valence-corrected chi connectivity index (χ0v) is 12.5. The molecule has 2 N–H and O–H groups in total. The smallest absolute Gasteiger partial charge is 0.263 e. The van der Waals surface area contributed by atoms with Crippen molar-refractivity contribution in [3.05, 3.63) is 47.2 Å². The van der Waals surface area contributed by atoms with Crippen LogP contribution < -0.4 is 10.6 Å². The highest BCUT2D eigenvalue weighted by molar-refractivity contribution is 5.97. The first-order chi connectivity index (χ1) is 10.2. The third kappa shape index (κ3) is 6.59. The molecule has 1 rings (SSSR count). The van der Waals surface area contributed by atoms with E-state index in [0.29, 0.717) is 19.7 Å². The van der Waals surface area contributed by atoms with Gasteiger partial charge in [0.2, 0.25) is 0 Å². The van der Waals surface area contributed by atoms with Crippen LogP contribution in [0, 0.1) is 18.3 Å².